The molecule has 10 N–H and O–H groups in total. The maximum Gasteiger partial charge on any atom is 0.160 e. The van der Waals surface area contributed by atoms with Crippen LogP contribution < -0.4 is 0 Å². The van der Waals surface area contributed by atoms with E-state index in [0.29, 0.717) is 0 Å². The Morgan fingerprint density at radius 1 is 0.962 bits per heavy atom. The van der Waals surface area contributed by atoms with Gasteiger partial charge in [-0.15, -0.1) is 0 Å². The third kappa shape index (κ3) is 8.55. The van der Waals surface area contributed by atoms with Gasteiger partial charge in [-0.3, -0.25) is 4.79 Å². The molecule has 8 atom stereocenters. The Morgan fingerprint density at radius 2 is 1.42 bits per heavy atom. The summed E-state index contributed by atoms with van der Waals surface area (Å²) in [4.78, 5) is 20.5. The fraction of sp³-hybridized carbons (Fsp3) is 0.857. The molecule has 26 heavy (non-hydrogen) atoms. The molecule has 0 spiro atoms. The monoisotopic (exact) mass is 388 g/mol. The predicted octanol–water partition coefficient (Wildman–Crippen LogP) is -5.98. The van der Waals surface area contributed by atoms with Crippen LogP contribution in [0.1, 0.15) is 13.8 Å². The van der Waals surface area contributed by atoms with Gasteiger partial charge in [-0.25, -0.2) is 0 Å². The van der Waals surface area contributed by atoms with Crippen molar-refractivity contribution in [1.82, 2.24) is 0 Å². The summed E-state index contributed by atoms with van der Waals surface area (Å²) in [6, 6.07) is 0. The maximum absolute atomic E-state index is 10.5. The zero-order valence-corrected chi connectivity index (χ0v) is 14.3. The first-order valence-corrected chi connectivity index (χ1v) is 7.44. The largest absolute Gasteiger partial charge is 0.394 e. The highest BCUT2D eigenvalue weighted by Crippen LogP contribution is 2.14. The molecule has 0 fully saturated rings. The molecule has 0 saturated carbocycles. The van der Waals surface area contributed by atoms with Crippen molar-refractivity contribution < 1.29 is 60.7 Å². The summed E-state index contributed by atoms with van der Waals surface area (Å²) in [6.07, 6.45) is -12.2. The second kappa shape index (κ2) is 12.3. The van der Waals surface area contributed by atoms with Crippen molar-refractivity contribution in [2.75, 3.05) is 13.2 Å². The van der Waals surface area contributed by atoms with E-state index in [1.54, 1.807) is 0 Å². The number of aliphatic hydroxyl groups is 10. The van der Waals surface area contributed by atoms with Crippen LogP contribution in [0.5, 0.6) is 0 Å². The van der Waals surface area contributed by atoms with Gasteiger partial charge in [0.2, 0.25) is 0 Å². The van der Waals surface area contributed by atoms with E-state index in [9.17, 15) is 14.7 Å². The minimum Gasteiger partial charge on any atom is -0.394 e. The van der Waals surface area contributed by atoms with Gasteiger partial charge in [0.05, 0.1) is 13.2 Å². The van der Waals surface area contributed by atoms with Crippen LogP contribution in [-0.2, 0) is 9.59 Å². The van der Waals surface area contributed by atoms with E-state index < -0.39 is 67.3 Å². The minimum atomic E-state index is -1.95. The van der Waals surface area contributed by atoms with Gasteiger partial charge in [0.25, 0.3) is 0 Å². The fourth-order valence-electron chi connectivity index (χ4n) is 1.49. The second-order valence-electron chi connectivity index (χ2n) is 5.86. The Bertz CT molecular complexity index is 415. The number of hydrogen-bond donors (Lipinski definition) is 10. The lowest BCUT2D eigenvalue weighted by Gasteiger charge is -2.31. The predicted molar refractivity (Wildman–Crippen MR) is 83.6 cm³/mol. The van der Waals surface area contributed by atoms with Crippen LogP contribution in [0.15, 0.2) is 0 Å². The quantitative estimate of drug-likeness (QED) is 0.157. The van der Waals surface area contributed by atoms with Gasteiger partial charge in [0.1, 0.15) is 48.3 Å². The Hall–Kier alpha value is -1.06. The van der Waals surface area contributed by atoms with Crippen LogP contribution in [0, 0.1) is 0 Å². The van der Waals surface area contributed by atoms with Crippen molar-refractivity contribution >= 4 is 12.1 Å². The molecule has 0 rings (SSSR count). The molecule has 0 amide bonds. The molecule has 0 saturated heterocycles. The second-order valence-corrected chi connectivity index (χ2v) is 5.86. The number of hydrogen-bond acceptors (Lipinski definition) is 12. The van der Waals surface area contributed by atoms with Crippen molar-refractivity contribution in [3.05, 3.63) is 0 Å². The highest BCUT2D eigenvalue weighted by molar-refractivity contribution is 5.80. The molecular formula is C14H28O12. The first-order valence-electron chi connectivity index (χ1n) is 7.44. The molecule has 0 heterocycles. The molecular weight excluding hydrogens is 360 g/mol. The molecule has 0 aliphatic carbocycles. The summed E-state index contributed by atoms with van der Waals surface area (Å²) in [5, 5.41) is 89.1. The molecule has 12 heteroatoms. The van der Waals surface area contributed by atoms with E-state index in [-0.39, 0.29) is 6.29 Å². The maximum atomic E-state index is 10.5. The number of carbonyl (C=O) groups is 2. The van der Waals surface area contributed by atoms with Gasteiger partial charge in [-0.05, 0) is 13.8 Å². The van der Waals surface area contributed by atoms with Gasteiger partial charge in [-0.1, -0.05) is 0 Å². The number of rotatable bonds is 10. The number of Topliss-reactive ketones (excluding diaryl/α,β-unsaturated/α-hetero) is 1. The minimum absolute atomic E-state index is 0.0291. The van der Waals surface area contributed by atoms with Crippen molar-refractivity contribution in [2.45, 2.75) is 62.2 Å². The summed E-state index contributed by atoms with van der Waals surface area (Å²) in [6.45, 7) is 0.546. The van der Waals surface area contributed by atoms with E-state index in [0.717, 1.165) is 13.8 Å². The molecule has 0 aromatic carbocycles. The average molecular weight is 388 g/mol. The number of aldehydes is 1. The zero-order chi connectivity index (χ0) is 21.2. The van der Waals surface area contributed by atoms with E-state index >= 15 is 0 Å². The Morgan fingerprint density at radius 3 is 1.73 bits per heavy atom. The lowest BCUT2D eigenvalue weighted by Crippen LogP contribution is -2.53. The highest BCUT2D eigenvalue weighted by atomic mass is 16.4. The fourth-order valence-corrected chi connectivity index (χ4v) is 1.49. The zero-order valence-electron chi connectivity index (χ0n) is 14.3. The topological polar surface area (TPSA) is 236 Å². The summed E-state index contributed by atoms with van der Waals surface area (Å²) in [7, 11) is 0. The van der Waals surface area contributed by atoms with E-state index in [1.807, 2.05) is 0 Å². The summed E-state index contributed by atoms with van der Waals surface area (Å²) >= 11 is 0. The Kier molecular flexibility index (Phi) is 12.9. The van der Waals surface area contributed by atoms with Crippen molar-refractivity contribution in [2.24, 2.45) is 0 Å². The standard InChI is InChI=1S/2C7H14O6/c1-7(13,3-9)6(12)5(11)4(10)2-8;1-3(9)5(11)7(13)6(12)4(10)2-8/h2,4-6,9-13H,3H2,1H3;4-8,10-13H,2H2,1H3. The van der Waals surface area contributed by atoms with Gasteiger partial charge >= 0.3 is 0 Å². The van der Waals surface area contributed by atoms with Crippen molar-refractivity contribution in [3.63, 3.8) is 0 Å². The van der Waals surface area contributed by atoms with Crippen molar-refractivity contribution in [3.8, 4) is 0 Å². The van der Waals surface area contributed by atoms with Crippen LogP contribution in [-0.4, -0.2) is 125 Å². The van der Waals surface area contributed by atoms with Gasteiger partial charge < -0.3 is 55.9 Å². The van der Waals surface area contributed by atoms with Crippen LogP contribution in [0.2, 0.25) is 0 Å². The van der Waals surface area contributed by atoms with Crippen molar-refractivity contribution in [1.29, 1.82) is 0 Å². The van der Waals surface area contributed by atoms with Gasteiger partial charge in [-0.2, -0.15) is 0 Å². The highest BCUT2D eigenvalue weighted by Gasteiger charge is 2.38. The summed E-state index contributed by atoms with van der Waals surface area (Å²) in [5.74, 6) is -0.725. The molecule has 0 aromatic heterocycles. The number of ketones is 1. The Labute approximate surface area is 149 Å². The van der Waals surface area contributed by atoms with E-state index in [2.05, 4.69) is 0 Å². The lowest BCUT2D eigenvalue weighted by atomic mass is 9.93. The van der Waals surface area contributed by atoms with Crippen LogP contribution in [0.25, 0.3) is 0 Å². The van der Waals surface area contributed by atoms with E-state index in [4.69, 9.17) is 46.0 Å². The average Bonchev–Trinajstić information content (AvgIpc) is 2.63. The first kappa shape index (κ1) is 27.2. The molecule has 156 valence electrons. The third-order valence-corrected chi connectivity index (χ3v) is 3.44. The number of aliphatic hydroxyl groups excluding tert-OH is 9. The molecule has 12 nitrogen and oxygen atoms in total. The smallest absolute Gasteiger partial charge is 0.160 e. The third-order valence-electron chi connectivity index (χ3n) is 3.44. The lowest BCUT2D eigenvalue weighted by molar-refractivity contribution is -0.162. The normalized spacial score (nSPS) is 21.7. The molecule has 0 radical (unpaired) electrons. The molecule has 8 unspecified atom stereocenters. The van der Waals surface area contributed by atoms with Crippen LogP contribution in [0.3, 0.4) is 0 Å². The first-order chi connectivity index (χ1) is 11.8. The van der Waals surface area contributed by atoms with Crippen LogP contribution in [0.4, 0.5) is 0 Å². The molecule has 0 bridgehead atoms. The van der Waals surface area contributed by atoms with Crippen LogP contribution >= 0.6 is 0 Å². The molecule has 0 aliphatic rings. The van der Waals surface area contributed by atoms with E-state index in [1.165, 1.54) is 0 Å². The molecule has 0 aliphatic heterocycles. The Balaban J connectivity index is 0. The van der Waals surface area contributed by atoms with Gasteiger partial charge in [0, 0.05) is 0 Å². The summed E-state index contributed by atoms with van der Waals surface area (Å²) in [5.41, 5.74) is -1.95. The summed E-state index contributed by atoms with van der Waals surface area (Å²) < 4.78 is 0. The van der Waals surface area contributed by atoms with Gasteiger partial charge in [0.15, 0.2) is 12.1 Å². The number of carbonyl (C=O) groups excluding carboxylic acids is 2. The molecule has 0 aromatic rings. The SMILES string of the molecule is CC(=O)C(O)C(O)C(O)C(O)CO.CC(O)(CO)C(O)C(O)C(O)C=O.